The number of pyridine rings is 1. The SMILES string of the molecule is CCC(C)(CC)C(=O)/C=C(\O)C(C)(CC)CC.C[Si]1(C)c2c(ncc3ccccc23)-c2[c-]ccc3c2c2c1cccc2n3-c1ccccc1.[Ir]. The summed E-state index contributed by atoms with van der Waals surface area (Å²) in [5, 5.41) is 18.2. The minimum Gasteiger partial charge on any atom is -0.512 e. The van der Waals surface area contributed by atoms with Gasteiger partial charge in [-0.3, -0.25) is 4.79 Å². The zero-order valence-corrected chi connectivity index (χ0v) is 34.0. The van der Waals surface area contributed by atoms with E-state index in [1.165, 1.54) is 54.7 Å². The number of rotatable bonds is 8. The molecule has 4 aromatic carbocycles. The molecule has 0 bridgehead atoms. The van der Waals surface area contributed by atoms with E-state index >= 15 is 0 Å². The molecule has 7 rings (SSSR count). The first-order chi connectivity index (χ1) is 23.5. The molecule has 6 aromatic rings. The first-order valence-corrected chi connectivity index (χ1v) is 20.8. The van der Waals surface area contributed by atoms with Crippen LogP contribution in [0.1, 0.15) is 67.2 Å². The van der Waals surface area contributed by atoms with Gasteiger partial charge in [0.05, 0.1) is 0 Å². The Bertz CT molecular complexity index is 2210. The normalized spacial score (nSPS) is 13.8. The van der Waals surface area contributed by atoms with Gasteiger partial charge in [-0.1, -0.05) is 125 Å². The summed E-state index contributed by atoms with van der Waals surface area (Å²) in [5.74, 6) is 0.286. The second kappa shape index (κ2) is 14.4. The average Bonchev–Trinajstić information content (AvgIpc) is 3.44. The Morgan fingerprint density at radius 2 is 1.44 bits per heavy atom. The van der Waals surface area contributed by atoms with Crippen LogP contribution in [0.4, 0.5) is 0 Å². The molecule has 0 saturated heterocycles. The van der Waals surface area contributed by atoms with Crippen molar-refractivity contribution >= 4 is 56.8 Å². The van der Waals surface area contributed by atoms with Crippen LogP contribution < -0.4 is 10.4 Å². The van der Waals surface area contributed by atoms with Crippen molar-refractivity contribution in [2.24, 2.45) is 10.8 Å². The van der Waals surface area contributed by atoms with Gasteiger partial charge in [0.15, 0.2) is 5.78 Å². The molecule has 0 atom stereocenters. The Kier molecular flexibility index (Phi) is 10.8. The zero-order chi connectivity index (χ0) is 35.1. The number of fused-ring (bicyclic) bond motifs is 4. The summed E-state index contributed by atoms with van der Waals surface area (Å²) in [6.07, 6.45) is 6.79. The standard InChI is InChI=1S/C29H21N2Si.C15H28O2.Ir/c1-32(2)25-17-9-16-24-27(25)26-22(28-29(32)21-13-7-6-10-19(21)18-30-28)14-8-15-23(26)31(24)20-11-4-3-5-12-20;1-7-14(5,8-2)12(16)11-13(17)15(6,9-3)10-4;/h3-13,15-18H,1-2H3;11,16H,7-10H2,1-6H3;/q-1;;/b;12-11-;. The van der Waals surface area contributed by atoms with Crippen molar-refractivity contribution in [1.29, 1.82) is 0 Å². The van der Waals surface area contributed by atoms with E-state index in [0.717, 1.165) is 36.9 Å². The molecule has 1 radical (unpaired) electrons. The number of aromatic nitrogens is 2. The van der Waals surface area contributed by atoms with E-state index in [1.54, 1.807) is 0 Å². The van der Waals surface area contributed by atoms with Crippen molar-refractivity contribution in [3.8, 4) is 16.9 Å². The van der Waals surface area contributed by atoms with Gasteiger partial charge in [-0.25, -0.2) is 0 Å². The number of aliphatic hydroxyl groups is 1. The molecule has 0 spiro atoms. The molecule has 0 amide bonds. The number of benzene rings is 4. The summed E-state index contributed by atoms with van der Waals surface area (Å²) < 4.78 is 2.40. The average molecular weight is 858 g/mol. The summed E-state index contributed by atoms with van der Waals surface area (Å²) in [7, 11) is -2.08. The summed E-state index contributed by atoms with van der Waals surface area (Å²) in [6, 6.07) is 34.1. The molecule has 261 valence electrons. The molecule has 0 aliphatic carbocycles. The van der Waals surface area contributed by atoms with E-state index in [1.807, 2.05) is 47.7 Å². The van der Waals surface area contributed by atoms with Gasteiger partial charge < -0.3 is 14.7 Å². The number of carbonyl (C=O) groups is 1. The van der Waals surface area contributed by atoms with Crippen molar-refractivity contribution in [3.05, 3.63) is 109 Å². The van der Waals surface area contributed by atoms with Crippen LogP contribution in [0.2, 0.25) is 13.1 Å². The molecule has 1 N–H and O–H groups in total. The van der Waals surface area contributed by atoms with Crippen LogP contribution in [0, 0.1) is 16.9 Å². The minimum absolute atomic E-state index is 0. The summed E-state index contributed by atoms with van der Waals surface area (Å²) in [4.78, 5) is 17.3. The molecule has 1 aliphatic heterocycles. The number of hydrogen-bond donors (Lipinski definition) is 1. The third-order valence-corrected chi connectivity index (χ3v) is 15.2. The van der Waals surface area contributed by atoms with E-state index in [2.05, 4.69) is 109 Å². The Labute approximate surface area is 312 Å². The van der Waals surface area contributed by atoms with Gasteiger partial charge in [-0.15, -0.1) is 23.8 Å². The molecule has 2 aromatic heterocycles. The van der Waals surface area contributed by atoms with Gasteiger partial charge in [-0.05, 0) is 71.3 Å². The van der Waals surface area contributed by atoms with Crippen LogP contribution in [0.5, 0.6) is 0 Å². The smallest absolute Gasteiger partial charge is 0.164 e. The van der Waals surface area contributed by atoms with Crippen LogP contribution in [-0.2, 0) is 24.9 Å². The van der Waals surface area contributed by atoms with E-state index in [9.17, 15) is 9.90 Å². The predicted molar refractivity (Wildman–Crippen MR) is 210 cm³/mol. The van der Waals surface area contributed by atoms with E-state index in [0.29, 0.717) is 0 Å². The van der Waals surface area contributed by atoms with Gasteiger partial charge in [0.1, 0.15) is 13.8 Å². The first-order valence-electron chi connectivity index (χ1n) is 17.8. The Balaban J connectivity index is 0.000000234. The molecular weight excluding hydrogens is 809 g/mol. The van der Waals surface area contributed by atoms with Crippen molar-refractivity contribution < 1.29 is 30.0 Å². The Hall–Kier alpha value is -3.83. The van der Waals surface area contributed by atoms with Crippen LogP contribution in [0.25, 0.3) is 49.5 Å². The molecule has 0 unspecified atom stereocenters. The molecule has 1 aliphatic rings. The molecule has 4 nitrogen and oxygen atoms in total. The molecule has 3 heterocycles. The van der Waals surface area contributed by atoms with Gasteiger partial charge >= 0.3 is 0 Å². The summed E-state index contributed by atoms with van der Waals surface area (Å²) in [6.45, 7) is 17.0. The molecular formula is C44H49IrN2O2Si-. The Morgan fingerprint density at radius 1 is 0.820 bits per heavy atom. The second-order valence-corrected chi connectivity index (χ2v) is 18.9. The van der Waals surface area contributed by atoms with Crippen molar-refractivity contribution in [2.75, 3.05) is 0 Å². The molecule has 6 heteroatoms. The maximum atomic E-state index is 12.2. The maximum absolute atomic E-state index is 12.2. The fourth-order valence-corrected chi connectivity index (χ4v) is 10.8. The van der Waals surface area contributed by atoms with E-state index in [-0.39, 0.29) is 42.5 Å². The number of aliphatic hydroxyl groups excluding tert-OH is 1. The van der Waals surface area contributed by atoms with E-state index in [4.69, 9.17) is 4.98 Å². The van der Waals surface area contributed by atoms with Crippen molar-refractivity contribution in [3.63, 3.8) is 0 Å². The second-order valence-electron chi connectivity index (χ2n) is 14.6. The molecule has 0 saturated carbocycles. The monoisotopic (exact) mass is 858 g/mol. The number of carbonyl (C=O) groups excluding carboxylic acids is 1. The zero-order valence-electron chi connectivity index (χ0n) is 30.6. The summed E-state index contributed by atoms with van der Waals surface area (Å²) in [5.41, 5.74) is 5.31. The topological polar surface area (TPSA) is 55.1 Å². The maximum Gasteiger partial charge on any atom is 0.164 e. The van der Waals surface area contributed by atoms with Gasteiger partial charge in [0.2, 0.25) is 0 Å². The van der Waals surface area contributed by atoms with Crippen LogP contribution >= 0.6 is 0 Å². The fraction of sp³-hybridized carbons (Fsp3) is 0.318. The van der Waals surface area contributed by atoms with Gasteiger partial charge in [-0.2, -0.15) is 0 Å². The number of ketones is 1. The van der Waals surface area contributed by atoms with Gasteiger partial charge in [0, 0.05) is 54.4 Å². The van der Waals surface area contributed by atoms with Crippen LogP contribution in [-0.4, -0.2) is 28.5 Å². The number of hydrogen-bond acceptors (Lipinski definition) is 3. The molecule has 0 fully saturated rings. The largest absolute Gasteiger partial charge is 0.512 e. The fourth-order valence-electron chi connectivity index (χ4n) is 7.41. The number of allylic oxidation sites excluding steroid dienone is 2. The third kappa shape index (κ3) is 6.10. The van der Waals surface area contributed by atoms with Crippen LogP contribution in [0.3, 0.4) is 0 Å². The summed E-state index contributed by atoms with van der Waals surface area (Å²) >= 11 is 0. The van der Waals surface area contributed by atoms with Crippen molar-refractivity contribution in [2.45, 2.75) is 80.3 Å². The van der Waals surface area contributed by atoms with Gasteiger partial charge in [0.25, 0.3) is 0 Å². The number of nitrogens with zero attached hydrogens (tertiary/aromatic N) is 2. The third-order valence-electron chi connectivity index (χ3n) is 11.7. The predicted octanol–water partition coefficient (Wildman–Crippen LogP) is 10.6. The Morgan fingerprint density at radius 3 is 2.10 bits per heavy atom. The molecule has 50 heavy (non-hydrogen) atoms. The quantitative estimate of drug-likeness (QED) is 0.0718. The van der Waals surface area contributed by atoms with Crippen LogP contribution in [0.15, 0.2) is 103 Å². The number of para-hydroxylation sites is 1. The van der Waals surface area contributed by atoms with Crippen molar-refractivity contribution in [1.82, 2.24) is 9.55 Å². The first kappa shape index (κ1) is 37.4. The van der Waals surface area contributed by atoms with E-state index < -0.39 is 8.07 Å². The minimum atomic E-state index is -2.08.